The first kappa shape index (κ1) is 23.2. The second-order valence-electron chi connectivity index (χ2n) is 5.98. The van der Waals surface area contributed by atoms with Gasteiger partial charge in [-0.05, 0) is 12.8 Å². The van der Waals surface area contributed by atoms with Crippen molar-refractivity contribution in [2.45, 2.75) is 37.4 Å². The van der Waals surface area contributed by atoms with Crippen LogP contribution in [0.25, 0.3) is 0 Å². The standard InChI is InChI=1S/C15H26N8O4S/c16-9(2-1-3-20-15(17)18)12(24)22-10(4-8-5-19-7-21-8)13(25)23-11(6-28)14(26)27/h5,7,9-11,28H,1-4,6,16H2,(H,19,21)(H,22,24)(H,23,25)(H,26,27)(H4,17,18,20)/t9-,10-,11-/m0/s1. The van der Waals surface area contributed by atoms with Gasteiger partial charge in [0.1, 0.15) is 12.1 Å². The van der Waals surface area contributed by atoms with Crippen LogP contribution in [0.5, 0.6) is 0 Å². The highest BCUT2D eigenvalue weighted by Gasteiger charge is 2.27. The fourth-order valence-corrected chi connectivity index (χ4v) is 2.46. The minimum atomic E-state index is -1.23. The maximum atomic E-state index is 12.5. The molecule has 0 aliphatic heterocycles. The molecule has 156 valence electrons. The van der Waals surface area contributed by atoms with Crippen LogP contribution in [-0.2, 0) is 20.8 Å². The van der Waals surface area contributed by atoms with Crippen molar-refractivity contribution in [1.29, 1.82) is 0 Å². The molecule has 0 unspecified atom stereocenters. The van der Waals surface area contributed by atoms with Gasteiger partial charge in [-0.25, -0.2) is 9.78 Å². The van der Waals surface area contributed by atoms with Crippen LogP contribution in [0.1, 0.15) is 18.5 Å². The highest BCUT2D eigenvalue weighted by Crippen LogP contribution is 2.03. The molecule has 2 amide bonds. The monoisotopic (exact) mass is 414 g/mol. The third-order valence-corrected chi connectivity index (χ3v) is 4.08. The van der Waals surface area contributed by atoms with E-state index in [0.717, 1.165) is 0 Å². The molecule has 0 aliphatic rings. The summed E-state index contributed by atoms with van der Waals surface area (Å²) in [5, 5.41) is 14.0. The quantitative estimate of drug-likeness (QED) is 0.0778. The number of carbonyl (C=O) groups excluding carboxylic acids is 2. The summed E-state index contributed by atoms with van der Waals surface area (Å²) in [4.78, 5) is 46.4. The van der Waals surface area contributed by atoms with E-state index in [2.05, 4.69) is 38.2 Å². The molecule has 0 bridgehead atoms. The molecule has 1 rings (SSSR count). The molecule has 0 saturated heterocycles. The summed E-state index contributed by atoms with van der Waals surface area (Å²) in [7, 11) is 0. The summed E-state index contributed by atoms with van der Waals surface area (Å²) in [5.74, 6) is -2.60. The first-order valence-electron chi connectivity index (χ1n) is 8.47. The number of nitrogens with zero attached hydrogens (tertiary/aromatic N) is 2. The van der Waals surface area contributed by atoms with Gasteiger partial charge >= 0.3 is 5.97 Å². The van der Waals surface area contributed by atoms with E-state index in [4.69, 9.17) is 22.3 Å². The van der Waals surface area contributed by atoms with E-state index in [0.29, 0.717) is 25.1 Å². The second kappa shape index (κ2) is 11.8. The average molecular weight is 414 g/mol. The lowest BCUT2D eigenvalue weighted by Crippen LogP contribution is -2.55. The van der Waals surface area contributed by atoms with Crippen molar-refractivity contribution in [2.24, 2.45) is 22.2 Å². The minimum absolute atomic E-state index is 0.0495. The molecular formula is C15H26N8O4S. The van der Waals surface area contributed by atoms with E-state index in [9.17, 15) is 14.4 Å². The van der Waals surface area contributed by atoms with Crippen LogP contribution >= 0.6 is 12.6 Å². The zero-order valence-electron chi connectivity index (χ0n) is 15.2. The molecule has 10 N–H and O–H groups in total. The van der Waals surface area contributed by atoms with E-state index in [1.165, 1.54) is 12.5 Å². The Kier molecular flexibility index (Phi) is 9.81. The van der Waals surface area contributed by atoms with Crippen LogP contribution in [0, 0.1) is 0 Å². The fraction of sp³-hybridized carbons (Fsp3) is 0.533. The van der Waals surface area contributed by atoms with Gasteiger partial charge in [-0.15, -0.1) is 0 Å². The lowest BCUT2D eigenvalue weighted by Gasteiger charge is -2.22. The first-order valence-corrected chi connectivity index (χ1v) is 9.10. The highest BCUT2D eigenvalue weighted by molar-refractivity contribution is 7.80. The molecule has 28 heavy (non-hydrogen) atoms. The van der Waals surface area contributed by atoms with Crippen molar-refractivity contribution in [2.75, 3.05) is 12.3 Å². The van der Waals surface area contributed by atoms with Crippen molar-refractivity contribution in [3.63, 3.8) is 0 Å². The lowest BCUT2D eigenvalue weighted by atomic mass is 10.1. The summed E-state index contributed by atoms with van der Waals surface area (Å²) in [6, 6.07) is -3.12. The summed E-state index contributed by atoms with van der Waals surface area (Å²) in [5.41, 5.74) is 16.9. The van der Waals surface area contributed by atoms with Gasteiger partial charge in [0.15, 0.2) is 5.96 Å². The van der Waals surface area contributed by atoms with Gasteiger partial charge < -0.3 is 37.9 Å². The van der Waals surface area contributed by atoms with Crippen molar-refractivity contribution < 1.29 is 19.5 Å². The molecule has 0 saturated carbocycles. The van der Waals surface area contributed by atoms with Crippen molar-refractivity contribution in [3.8, 4) is 0 Å². The molecule has 0 aliphatic carbocycles. The van der Waals surface area contributed by atoms with Gasteiger partial charge in [-0.1, -0.05) is 0 Å². The Bertz CT molecular complexity index is 678. The lowest BCUT2D eigenvalue weighted by molar-refractivity contribution is -0.141. The molecule has 0 radical (unpaired) electrons. The van der Waals surface area contributed by atoms with Gasteiger partial charge in [0.25, 0.3) is 0 Å². The van der Waals surface area contributed by atoms with E-state index >= 15 is 0 Å². The first-order chi connectivity index (χ1) is 13.2. The number of nitrogens with two attached hydrogens (primary N) is 3. The Hall–Kier alpha value is -2.80. The Morgan fingerprint density at radius 2 is 1.93 bits per heavy atom. The fourth-order valence-electron chi connectivity index (χ4n) is 2.21. The van der Waals surface area contributed by atoms with Gasteiger partial charge in [-0.3, -0.25) is 14.6 Å². The smallest absolute Gasteiger partial charge is 0.327 e. The number of aliphatic imine (C=N–C) groups is 1. The van der Waals surface area contributed by atoms with E-state index in [-0.39, 0.29) is 18.1 Å². The minimum Gasteiger partial charge on any atom is -0.480 e. The van der Waals surface area contributed by atoms with Crippen LogP contribution < -0.4 is 27.8 Å². The maximum absolute atomic E-state index is 12.5. The Morgan fingerprint density at radius 1 is 1.25 bits per heavy atom. The van der Waals surface area contributed by atoms with E-state index in [1.807, 2.05) is 0 Å². The summed E-state index contributed by atoms with van der Waals surface area (Å²) >= 11 is 3.90. The predicted octanol–water partition coefficient (Wildman–Crippen LogP) is -2.68. The summed E-state index contributed by atoms with van der Waals surface area (Å²) in [6.45, 7) is 0.323. The second-order valence-corrected chi connectivity index (χ2v) is 6.34. The molecule has 0 spiro atoms. The molecule has 12 nitrogen and oxygen atoms in total. The number of rotatable bonds is 12. The van der Waals surface area contributed by atoms with Crippen LogP contribution in [0.4, 0.5) is 0 Å². The third kappa shape index (κ3) is 8.26. The van der Waals surface area contributed by atoms with Crippen LogP contribution in [0.2, 0.25) is 0 Å². The number of nitrogens with one attached hydrogen (secondary N) is 3. The molecular weight excluding hydrogens is 388 g/mol. The largest absolute Gasteiger partial charge is 0.480 e. The number of carbonyl (C=O) groups is 3. The van der Waals surface area contributed by atoms with Gasteiger partial charge in [0, 0.05) is 30.6 Å². The zero-order valence-corrected chi connectivity index (χ0v) is 16.1. The van der Waals surface area contributed by atoms with Gasteiger partial charge in [0.05, 0.1) is 12.4 Å². The third-order valence-electron chi connectivity index (χ3n) is 3.71. The zero-order chi connectivity index (χ0) is 21.1. The molecule has 1 heterocycles. The molecule has 1 aromatic rings. The average Bonchev–Trinajstić information content (AvgIpc) is 3.14. The number of hydrogen-bond donors (Lipinski definition) is 8. The number of thiol groups is 1. The van der Waals surface area contributed by atoms with Crippen molar-refractivity contribution in [1.82, 2.24) is 20.6 Å². The van der Waals surface area contributed by atoms with Crippen LogP contribution in [0.3, 0.4) is 0 Å². The molecule has 1 aromatic heterocycles. The number of aliphatic carboxylic acids is 1. The molecule has 0 aromatic carbocycles. The number of amides is 2. The molecule has 13 heteroatoms. The maximum Gasteiger partial charge on any atom is 0.327 e. The van der Waals surface area contributed by atoms with E-state index < -0.39 is 35.9 Å². The van der Waals surface area contributed by atoms with Crippen molar-refractivity contribution >= 4 is 36.4 Å². The number of carboxylic acid groups (broad SMARTS) is 1. The normalized spacial score (nSPS) is 13.8. The van der Waals surface area contributed by atoms with Crippen LogP contribution in [0.15, 0.2) is 17.5 Å². The number of carboxylic acids is 1. The number of guanidine groups is 1. The Labute approximate surface area is 167 Å². The SMILES string of the molecule is NC(N)=NCCC[C@H](N)C(=O)N[C@@H](Cc1cnc[nH]1)C(=O)N[C@@H](CS)C(=O)O. The van der Waals surface area contributed by atoms with Crippen molar-refractivity contribution in [3.05, 3.63) is 18.2 Å². The molecule has 0 fully saturated rings. The number of aromatic nitrogens is 2. The summed E-state index contributed by atoms with van der Waals surface area (Å²) in [6.07, 6.45) is 3.78. The van der Waals surface area contributed by atoms with Gasteiger partial charge in [-0.2, -0.15) is 12.6 Å². The Morgan fingerprint density at radius 3 is 2.46 bits per heavy atom. The van der Waals surface area contributed by atoms with Crippen LogP contribution in [-0.4, -0.2) is 69.2 Å². The number of imidazole rings is 1. The number of hydrogen-bond acceptors (Lipinski definition) is 7. The predicted molar refractivity (Wildman–Crippen MR) is 106 cm³/mol. The summed E-state index contributed by atoms with van der Waals surface area (Å²) < 4.78 is 0. The topological polar surface area (TPSA) is 215 Å². The highest BCUT2D eigenvalue weighted by atomic mass is 32.1. The molecule has 3 atom stereocenters. The number of H-pyrrole nitrogens is 1. The number of aromatic amines is 1. The van der Waals surface area contributed by atoms with E-state index in [1.54, 1.807) is 0 Å². The Balaban J connectivity index is 2.73. The van der Waals surface area contributed by atoms with Gasteiger partial charge in [0.2, 0.25) is 11.8 Å².